The van der Waals surface area contributed by atoms with Crippen LogP contribution in [0, 0.1) is 0 Å². The third kappa shape index (κ3) is 2.84. The fraction of sp³-hybridized carbons (Fsp3) is 0.143. The summed E-state index contributed by atoms with van der Waals surface area (Å²) in [6.07, 6.45) is 0.704. The molecule has 3 aromatic heterocycles. The first kappa shape index (κ1) is 13.3. The molecule has 1 aromatic carbocycles. The number of benzene rings is 1. The summed E-state index contributed by atoms with van der Waals surface area (Å²) in [6.45, 7) is 0.671. The molecule has 23 heavy (non-hydrogen) atoms. The summed E-state index contributed by atoms with van der Waals surface area (Å²) < 4.78 is 1.38. The minimum atomic E-state index is 0.610. The monoisotopic (exact) mass is 307 g/mol. The molecule has 0 unspecified atom stereocenters. The number of nitrogens with one attached hydrogen (secondary N) is 2. The van der Waals surface area contributed by atoms with E-state index in [1.807, 2.05) is 36.4 Å². The van der Waals surface area contributed by atoms with E-state index in [0.717, 1.165) is 11.4 Å². The largest absolute Gasteiger partial charge is 0.368 e. The standard InChI is InChI=1S/C14H13N9/c1-2-4-10(5-3-1)14-16-12(17-19-14)8-9-15-11-6-7-13-18-21-22-23(13)20-11/h1-7H,8-9H2,(H,15,20)(H,16,17,19). The zero-order valence-corrected chi connectivity index (χ0v) is 12.1. The van der Waals surface area contributed by atoms with Gasteiger partial charge in [0, 0.05) is 18.5 Å². The summed E-state index contributed by atoms with van der Waals surface area (Å²) in [5.41, 5.74) is 1.60. The Hall–Kier alpha value is -3.36. The second-order valence-corrected chi connectivity index (χ2v) is 4.89. The van der Waals surface area contributed by atoms with Crippen LogP contribution in [0.25, 0.3) is 17.0 Å². The van der Waals surface area contributed by atoms with Gasteiger partial charge in [0.2, 0.25) is 0 Å². The number of hydrogen-bond acceptors (Lipinski definition) is 7. The summed E-state index contributed by atoms with van der Waals surface area (Å²) in [7, 11) is 0. The highest BCUT2D eigenvalue weighted by Gasteiger charge is 2.05. The number of aromatic amines is 1. The SMILES string of the molecule is c1ccc(-c2n[nH]c(CCNc3ccc4nnnn4n3)n2)cc1. The fourth-order valence-electron chi connectivity index (χ4n) is 2.18. The molecular weight excluding hydrogens is 294 g/mol. The topological polar surface area (TPSA) is 110 Å². The van der Waals surface area contributed by atoms with Crippen molar-refractivity contribution in [3.63, 3.8) is 0 Å². The van der Waals surface area contributed by atoms with Crippen molar-refractivity contribution in [1.29, 1.82) is 0 Å². The summed E-state index contributed by atoms with van der Waals surface area (Å²) in [6, 6.07) is 13.5. The van der Waals surface area contributed by atoms with Crippen LogP contribution in [0.4, 0.5) is 5.82 Å². The molecule has 114 valence electrons. The predicted octanol–water partition coefficient (Wildman–Crippen LogP) is 0.959. The van der Waals surface area contributed by atoms with Gasteiger partial charge in [0.05, 0.1) is 0 Å². The summed E-state index contributed by atoms with van der Waals surface area (Å²) in [4.78, 5) is 4.49. The van der Waals surface area contributed by atoms with Gasteiger partial charge in [-0.05, 0) is 22.6 Å². The molecule has 2 N–H and O–H groups in total. The van der Waals surface area contributed by atoms with Crippen LogP contribution in [0.2, 0.25) is 0 Å². The molecule has 0 saturated heterocycles. The van der Waals surface area contributed by atoms with Crippen LogP contribution < -0.4 is 5.32 Å². The lowest BCUT2D eigenvalue weighted by Gasteiger charge is -2.03. The Morgan fingerprint density at radius 2 is 2.00 bits per heavy atom. The summed E-state index contributed by atoms with van der Waals surface area (Å²) in [5, 5.41) is 25.8. The van der Waals surface area contributed by atoms with E-state index in [2.05, 4.69) is 41.1 Å². The van der Waals surface area contributed by atoms with Gasteiger partial charge in [-0.15, -0.1) is 14.8 Å². The number of aromatic nitrogens is 8. The Bertz CT molecular complexity index is 912. The molecule has 0 aliphatic rings. The van der Waals surface area contributed by atoms with Crippen molar-refractivity contribution >= 4 is 11.5 Å². The smallest absolute Gasteiger partial charge is 0.200 e. The van der Waals surface area contributed by atoms with E-state index in [4.69, 9.17) is 0 Å². The zero-order valence-electron chi connectivity index (χ0n) is 12.1. The molecule has 0 aliphatic heterocycles. The van der Waals surface area contributed by atoms with Gasteiger partial charge in [0.1, 0.15) is 11.6 Å². The maximum Gasteiger partial charge on any atom is 0.200 e. The van der Waals surface area contributed by atoms with Gasteiger partial charge < -0.3 is 5.32 Å². The Labute approximate surface area is 130 Å². The third-order valence-electron chi connectivity index (χ3n) is 3.30. The lowest BCUT2D eigenvalue weighted by Crippen LogP contribution is -2.09. The van der Waals surface area contributed by atoms with Gasteiger partial charge in [-0.3, -0.25) is 5.10 Å². The molecule has 0 radical (unpaired) electrons. The molecule has 0 fully saturated rings. The molecule has 0 saturated carbocycles. The van der Waals surface area contributed by atoms with Gasteiger partial charge in [-0.2, -0.15) is 5.10 Å². The van der Waals surface area contributed by atoms with Gasteiger partial charge in [0.15, 0.2) is 11.5 Å². The van der Waals surface area contributed by atoms with E-state index in [1.165, 1.54) is 4.63 Å². The molecule has 0 spiro atoms. The average molecular weight is 307 g/mol. The van der Waals surface area contributed by atoms with Gasteiger partial charge in [-0.25, -0.2) is 4.98 Å². The van der Waals surface area contributed by atoms with Crippen LogP contribution in [0.15, 0.2) is 42.5 Å². The number of tetrazole rings is 1. The van der Waals surface area contributed by atoms with E-state index in [-0.39, 0.29) is 0 Å². The lowest BCUT2D eigenvalue weighted by atomic mass is 10.2. The number of rotatable bonds is 5. The minimum Gasteiger partial charge on any atom is -0.368 e. The third-order valence-corrected chi connectivity index (χ3v) is 3.30. The summed E-state index contributed by atoms with van der Waals surface area (Å²) >= 11 is 0. The molecule has 0 bridgehead atoms. The van der Waals surface area contributed by atoms with E-state index >= 15 is 0 Å². The number of H-pyrrole nitrogens is 1. The van der Waals surface area contributed by atoms with Crippen molar-refractivity contribution in [3.8, 4) is 11.4 Å². The van der Waals surface area contributed by atoms with Gasteiger partial charge in [0.25, 0.3) is 0 Å². The van der Waals surface area contributed by atoms with Crippen LogP contribution in [-0.2, 0) is 6.42 Å². The van der Waals surface area contributed by atoms with Crippen molar-refractivity contribution in [2.24, 2.45) is 0 Å². The van der Waals surface area contributed by atoms with E-state index < -0.39 is 0 Å². The molecule has 0 amide bonds. The number of hydrogen-bond donors (Lipinski definition) is 2. The Balaban J connectivity index is 1.38. The van der Waals surface area contributed by atoms with Gasteiger partial charge in [-0.1, -0.05) is 30.3 Å². The number of fused-ring (bicyclic) bond motifs is 1. The van der Waals surface area contributed by atoms with E-state index in [1.54, 1.807) is 6.07 Å². The molecule has 4 rings (SSSR count). The quantitative estimate of drug-likeness (QED) is 0.565. The maximum absolute atomic E-state index is 4.49. The molecule has 4 aromatic rings. The maximum atomic E-state index is 4.49. The molecule has 0 aliphatic carbocycles. The Morgan fingerprint density at radius 1 is 1.09 bits per heavy atom. The van der Waals surface area contributed by atoms with Crippen LogP contribution >= 0.6 is 0 Å². The Morgan fingerprint density at radius 3 is 2.91 bits per heavy atom. The fourth-order valence-corrected chi connectivity index (χ4v) is 2.18. The first-order valence-electron chi connectivity index (χ1n) is 7.14. The lowest BCUT2D eigenvalue weighted by molar-refractivity contribution is 0.733. The first-order valence-corrected chi connectivity index (χ1v) is 7.14. The van der Waals surface area contributed by atoms with Crippen molar-refractivity contribution in [3.05, 3.63) is 48.3 Å². The first-order chi connectivity index (χ1) is 11.4. The zero-order chi connectivity index (χ0) is 15.5. The van der Waals surface area contributed by atoms with Gasteiger partial charge >= 0.3 is 0 Å². The van der Waals surface area contributed by atoms with E-state index in [0.29, 0.717) is 30.3 Å². The van der Waals surface area contributed by atoms with Crippen LogP contribution in [-0.4, -0.2) is 47.0 Å². The minimum absolute atomic E-state index is 0.610. The van der Waals surface area contributed by atoms with Crippen molar-refractivity contribution in [1.82, 2.24) is 40.4 Å². The number of anilines is 1. The average Bonchev–Trinajstić information content (AvgIpc) is 3.24. The second-order valence-electron chi connectivity index (χ2n) is 4.89. The van der Waals surface area contributed by atoms with Crippen LogP contribution in [0.1, 0.15) is 5.82 Å². The molecule has 9 heteroatoms. The predicted molar refractivity (Wildman–Crippen MR) is 82.6 cm³/mol. The normalized spacial score (nSPS) is 11.0. The second kappa shape index (κ2) is 5.79. The van der Waals surface area contributed by atoms with Crippen molar-refractivity contribution in [2.75, 3.05) is 11.9 Å². The highest BCUT2D eigenvalue weighted by atomic mass is 15.6. The molecule has 9 nitrogen and oxygen atoms in total. The highest BCUT2D eigenvalue weighted by Crippen LogP contribution is 2.13. The van der Waals surface area contributed by atoms with Crippen LogP contribution in [0.5, 0.6) is 0 Å². The van der Waals surface area contributed by atoms with E-state index in [9.17, 15) is 0 Å². The Kier molecular flexibility index (Phi) is 3.35. The number of nitrogens with zero attached hydrogens (tertiary/aromatic N) is 7. The molecule has 3 heterocycles. The highest BCUT2D eigenvalue weighted by molar-refractivity contribution is 5.53. The molecule has 0 atom stereocenters. The van der Waals surface area contributed by atoms with Crippen molar-refractivity contribution in [2.45, 2.75) is 6.42 Å². The van der Waals surface area contributed by atoms with Crippen LogP contribution in [0.3, 0.4) is 0 Å². The molecular formula is C14H13N9. The van der Waals surface area contributed by atoms with Crippen molar-refractivity contribution < 1.29 is 0 Å². The summed E-state index contributed by atoms with van der Waals surface area (Å²) in [5.74, 6) is 2.22.